The number of rotatable bonds is 8. The number of carbonyl (C=O) groups is 1. The Bertz CT molecular complexity index is 900. The van der Waals surface area contributed by atoms with Crippen LogP contribution in [0.15, 0.2) is 47.6 Å². The molecule has 144 valence electrons. The van der Waals surface area contributed by atoms with Crippen LogP contribution in [0.1, 0.15) is 24.8 Å². The van der Waals surface area contributed by atoms with Crippen molar-refractivity contribution in [3.05, 3.63) is 48.3 Å². The summed E-state index contributed by atoms with van der Waals surface area (Å²) in [4.78, 5) is 17.7. The first-order valence-corrected chi connectivity index (χ1v) is 10.4. The van der Waals surface area contributed by atoms with Crippen molar-refractivity contribution >= 4 is 21.6 Å². The first-order valence-electron chi connectivity index (χ1n) is 8.88. The van der Waals surface area contributed by atoms with Gasteiger partial charge in [-0.25, -0.2) is 13.1 Å². The van der Waals surface area contributed by atoms with E-state index in [-0.39, 0.29) is 16.6 Å². The lowest BCUT2D eigenvalue weighted by molar-refractivity contribution is -0.117. The number of nitrogens with zero attached hydrogens (tertiary/aromatic N) is 2. The third-order valence-electron chi connectivity index (χ3n) is 4.48. The summed E-state index contributed by atoms with van der Waals surface area (Å²) in [6.45, 7) is 0.899. The van der Waals surface area contributed by atoms with Crippen molar-refractivity contribution in [2.24, 2.45) is 0 Å². The van der Waals surface area contributed by atoms with Crippen LogP contribution >= 0.6 is 0 Å². The minimum atomic E-state index is -3.76. The Hall–Kier alpha value is -2.45. The molecule has 27 heavy (non-hydrogen) atoms. The zero-order valence-electron chi connectivity index (χ0n) is 15.2. The Morgan fingerprint density at radius 2 is 2.15 bits per heavy atom. The van der Waals surface area contributed by atoms with Crippen molar-refractivity contribution < 1.29 is 17.9 Å². The number of ether oxygens (including phenoxy) is 1. The Labute approximate surface area is 159 Å². The van der Waals surface area contributed by atoms with Crippen LogP contribution in [0.5, 0.6) is 5.75 Å². The molecule has 7 nitrogen and oxygen atoms in total. The highest BCUT2D eigenvalue weighted by Crippen LogP contribution is 2.30. The molecule has 0 radical (unpaired) electrons. The van der Waals surface area contributed by atoms with Gasteiger partial charge in [0, 0.05) is 37.6 Å². The topological polar surface area (TPSA) is 88.6 Å². The highest BCUT2D eigenvalue weighted by Gasteiger charge is 2.25. The number of nitrogens with one attached hydrogen (secondary N) is 1. The van der Waals surface area contributed by atoms with E-state index in [0.717, 1.165) is 18.4 Å². The second kappa shape index (κ2) is 8.49. The highest BCUT2D eigenvalue weighted by atomic mass is 32.2. The van der Waals surface area contributed by atoms with E-state index in [2.05, 4.69) is 9.71 Å². The van der Waals surface area contributed by atoms with E-state index in [1.807, 2.05) is 12.1 Å². The molecular formula is C19H23N3O4S. The normalized spacial score (nSPS) is 14.6. The second-order valence-corrected chi connectivity index (χ2v) is 8.08. The molecule has 1 aromatic carbocycles. The molecular weight excluding hydrogens is 366 g/mol. The van der Waals surface area contributed by atoms with Crippen molar-refractivity contribution in [3.63, 3.8) is 0 Å². The SMILES string of the molecule is COc1ccc(N2CCCC2=O)cc1S(=O)(=O)NCCCc1cccnc1. The van der Waals surface area contributed by atoms with Gasteiger partial charge in [0.1, 0.15) is 10.6 Å². The molecule has 0 aliphatic carbocycles. The van der Waals surface area contributed by atoms with Gasteiger partial charge in [-0.05, 0) is 49.1 Å². The van der Waals surface area contributed by atoms with Gasteiger partial charge < -0.3 is 9.64 Å². The van der Waals surface area contributed by atoms with E-state index in [1.165, 1.54) is 13.2 Å². The largest absolute Gasteiger partial charge is 0.495 e. The van der Waals surface area contributed by atoms with Crippen molar-refractivity contribution in [1.82, 2.24) is 9.71 Å². The average Bonchev–Trinajstić information content (AvgIpc) is 3.11. The summed E-state index contributed by atoms with van der Waals surface area (Å²) in [7, 11) is -2.33. The minimum Gasteiger partial charge on any atom is -0.495 e. The Morgan fingerprint density at radius 1 is 1.30 bits per heavy atom. The van der Waals surface area contributed by atoms with Crippen LogP contribution < -0.4 is 14.4 Å². The molecule has 1 fully saturated rings. The summed E-state index contributed by atoms with van der Waals surface area (Å²) in [6, 6.07) is 8.62. The smallest absolute Gasteiger partial charge is 0.244 e. The second-order valence-electron chi connectivity index (χ2n) is 6.35. The van der Waals surface area contributed by atoms with Gasteiger partial charge in [-0.15, -0.1) is 0 Å². The van der Waals surface area contributed by atoms with Gasteiger partial charge in [-0.1, -0.05) is 6.07 Å². The number of methoxy groups -OCH3 is 1. The zero-order valence-corrected chi connectivity index (χ0v) is 16.0. The fourth-order valence-electron chi connectivity index (χ4n) is 3.09. The number of hydrogen-bond acceptors (Lipinski definition) is 5. The molecule has 0 spiro atoms. The number of anilines is 1. The molecule has 2 aromatic rings. The summed E-state index contributed by atoms with van der Waals surface area (Å²) >= 11 is 0. The van der Waals surface area contributed by atoms with E-state index in [0.29, 0.717) is 31.6 Å². The number of benzene rings is 1. The van der Waals surface area contributed by atoms with Crippen molar-refractivity contribution in [2.45, 2.75) is 30.6 Å². The standard InChI is InChI=1S/C19H23N3O4S/c1-26-17-9-8-16(22-12-4-7-19(22)23)13-18(17)27(24,25)21-11-3-6-15-5-2-10-20-14-15/h2,5,8-10,13-14,21H,3-4,6-7,11-12H2,1H3. The van der Waals surface area contributed by atoms with Crippen molar-refractivity contribution in [2.75, 3.05) is 25.1 Å². The van der Waals surface area contributed by atoms with E-state index in [9.17, 15) is 13.2 Å². The fraction of sp³-hybridized carbons (Fsp3) is 0.368. The summed E-state index contributed by atoms with van der Waals surface area (Å²) < 4.78 is 33.4. The van der Waals surface area contributed by atoms with Crippen LogP contribution in [-0.2, 0) is 21.2 Å². The predicted octanol–water partition coefficient (Wildman–Crippen LogP) is 2.13. The van der Waals surface area contributed by atoms with Gasteiger partial charge >= 0.3 is 0 Å². The third kappa shape index (κ3) is 4.64. The van der Waals surface area contributed by atoms with Crippen LogP contribution in [0.3, 0.4) is 0 Å². The predicted molar refractivity (Wildman–Crippen MR) is 102 cm³/mol. The van der Waals surface area contributed by atoms with Gasteiger partial charge in [0.15, 0.2) is 0 Å². The lowest BCUT2D eigenvalue weighted by Crippen LogP contribution is -2.27. The molecule has 3 rings (SSSR count). The fourth-order valence-corrected chi connectivity index (χ4v) is 4.35. The summed E-state index contributed by atoms with van der Waals surface area (Å²) in [5, 5.41) is 0. The van der Waals surface area contributed by atoms with Gasteiger partial charge in [0.25, 0.3) is 0 Å². The number of carbonyl (C=O) groups excluding carboxylic acids is 1. The first-order chi connectivity index (χ1) is 13.0. The Morgan fingerprint density at radius 3 is 2.81 bits per heavy atom. The maximum atomic E-state index is 12.8. The van der Waals surface area contributed by atoms with Gasteiger partial charge in [0.2, 0.25) is 15.9 Å². The van der Waals surface area contributed by atoms with Gasteiger partial charge in [-0.3, -0.25) is 9.78 Å². The Balaban J connectivity index is 1.71. The molecule has 0 saturated carbocycles. The number of amides is 1. The Kier molecular flexibility index (Phi) is 6.08. The van der Waals surface area contributed by atoms with Crippen LogP contribution in [0.25, 0.3) is 0 Å². The maximum absolute atomic E-state index is 12.8. The maximum Gasteiger partial charge on any atom is 0.244 e. The number of sulfonamides is 1. The summed E-state index contributed by atoms with van der Waals surface area (Å²) in [5.74, 6) is 0.262. The molecule has 1 aliphatic heterocycles. The molecule has 8 heteroatoms. The molecule has 0 bridgehead atoms. The van der Waals surface area contributed by atoms with Gasteiger partial charge in [0.05, 0.1) is 7.11 Å². The van der Waals surface area contributed by atoms with E-state index in [1.54, 1.807) is 29.4 Å². The number of aryl methyl sites for hydroxylation is 1. The first kappa shape index (κ1) is 19.3. The van der Waals surface area contributed by atoms with Crippen molar-refractivity contribution in [1.29, 1.82) is 0 Å². The highest BCUT2D eigenvalue weighted by molar-refractivity contribution is 7.89. The molecule has 1 aromatic heterocycles. The number of hydrogen-bond donors (Lipinski definition) is 1. The lowest BCUT2D eigenvalue weighted by atomic mass is 10.2. The van der Waals surface area contributed by atoms with E-state index >= 15 is 0 Å². The zero-order chi connectivity index (χ0) is 19.3. The van der Waals surface area contributed by atoms with Crippen LogP contribution in [0, 0.1) is 0 Å². The van der Waals surface area contributed by atoms with E-state index in [4.69, 9.17) is 4.74 Å². The van der Waals surface area contributed by atoms with E-state index < -0.39 is 10.0 Å². The number of pyridine rings is 1. The third-order valence-corrected chi connectivity index (χ3v) is 5.96. The molecule has 0 unspecified atom stereocenters. The molecule has 1 N–H and O–H groups in total. The molecule has 1 saturated heterocycles. The quantitative estimate of drug-likeness (QED) is 0.699. The van der Waals surface area contributed by atoms with Gasteiger partial charge in [-0.2, -0.15) is 0 Å². The summed E-state index contributed by atoms with van der Waals surface area (Å²) in [5.41, 5.74) is 1.64. The molecule has 2 heterocycles. The average molecular weight is 389 g/mol. The summed E-state index contributed by atoms with van der Waals surface area (Å²) in [6.07, 6.45) is 6.12. The number of aromatic nitrogens is 1. The molecule has 0 atom stereocenters. The minimum absolute atomic E-state index is 0.00736. The van der Waals surface area contributed by atoms with Crippen molar-refractivity contribution in [3.8, 4) is 5.75 Å². The molecule has 1 amide bonds. The van der Waals surface area contributed by atoms with Crippen LogP contribution in [0.4, 0.5) is 5.69 Å². The lowest BCUT2D eigenvalue weighted by Gasteiger charge is -2.18. The van der Waals surface area contributed by atoms with Crippen LogP contribution in [0.2, 0.25) is 0 Å². The van der Waals surface area contributed by atoms with Crippen LogP contribution in [-0.4, -0.2) is 39.5 Å². The monoisotopic (exact) mass is 389 g/mol. The molecule has 1 aliphatic rings.